The van der Waals surface area contributed by atoms with Crippen LogP contribution in [0.3, 0.4) is 0 Å². The molecule has 3 nitrogen and oxygen atoms in total. The highest BCUT2D eigenvalue weighted by Crippen LogP contribution is 2.24. The second-order valence-corrected chi connectivity index (χ2v) is 6.95. The van der Waals surface area contributed by atoms with E-state index in [0.29, 0.717) is 18.2 Å². The summed E-state index contributed by atoms with van der Waals surface area (Å²) in [7, 11) is -3.10. The monoisotopic (exact) mass is 267 g/mol. The van der Waals surface area contributed by atoms with Crippen molar-refractivity contribution in [3.05, 3.63) is 0 Å². The van der Waals surface area contributed by atoms with Gasteiger partial charge in [0.1, 0.15) is 0 Å². The Morgan fingerprint density at radius 3 is 2.56 bits per heavy atom. The molecule has 0 amide bonds. The topological polar surface area (TPSA) is 46.2 Å². The molecule has 96 valence electrons. The van der Waals surface area contributed by atoms with Gasteiger partial charge in [-0.2, -0.15) is 0 Å². The lowest BCUT2D eigenvalue weighted by molar-refractivity contribution is 0.310. The van der Waals surface area contributed by atoms with Crippen molar-refractivity contribution in [2.75, 3.05) is 11.6 Å². The first-order chi connectivity index (χ1) is 7.55. The molecule has 0 radical (unpaired) electrons. The molecule has 0 spiro atoms. The lowest BCUT2D eigenvalue weighted by Gasteiger charge is -2.29. The predicted octanol–water partition coefficient (Wildman–Crippen LogP) is 2.50. The van der Waals surface area contributed by atoms with Crippen LogP contribution in [-0.2, 0) is 10.0 Å². The van der Waals surface area contributed by atoms with E-state index in [1.807, 2.05) is 0 Å². The Labute approximate surface area is 104 Å². The zero-order valence-corrected chi connectivity index (χ0v) is 11.5. The molecule has 1 rings (SSSR count). The summed E-state index contributed by atoms with van der Waals surface area (Å²) in [5.74, 6) is 1.22. The first-order valence-corrected chi connectivity index (χ1v) is 8.30. The van der Waals surface area contributed by atoms with Gasteiger partial charge in [0.15, 0.2) is 0 Å². The van der Waals surface area contributed by atoms with Crippen LogP contribution >= 0.6 is 11.6 Å². The van der Waals surface area contributed by atoms with Gasteiger partial charge in [-0.05, 0) is 31.6 Å². The van der Waals surface area contributed by atoms with Crippen LogP contribution in [0.4, 0.5) is 0 Å². The van der Waals surface area contributed by atoms with Gasteiger partial charge in [0, 0.05) is 11.9 Å². The highest BCUT2D eigenvalue weighted by Gasteiger charge is 2.25. The second-order valence-electron chi connectivity index (χ2n) is 4.70. The van der Waals surface area contributed by atoms with Gasteiger partial charge in [0.05, 0.1) is 5.75 Å². The maximum absolute atomic E-state index is 11.8. The molecule has 0 aromatic heterocycles. The Hall–Kier alpha value is 0.200. The van der Waals surface area contributed by atoms with E-state index < -0.39 is 10.0 Å². The Bertz CT molecular complexity index is 292. The van der Waals surface area contributed by atoms with Crippen LogP contribution in [0.2, 0.25) is 0 Å². The molecule has 0 aromatic carbocycles. The fraction of sp³-hybridized carbons (Fsp3) is 1.00. The van der Waals surface area contributed by atoms with Gasteiger partial charge in [0.2, 0.25) is 10.0 Å². The Morgan fingerprint density at radius 1 is 1.25 bits per heavy atom. The Balaban J connectivity index is 2.38. The first kappa shape index (κ1) is 14.3. The van der Waals surface area contributed by atoms with E-state index in [0.717, 1.165) is 25.7 Å². The third kappa shape index (κ3) is 5.02. The molecule has 0 bridgehead atoms. The van der Waals surface area contributed by atoms with Crippen LogP contribution in [-0.4, -0.2) is 26.1 Å². The van der Waals surface area contributed by atoms with Crippen molar-refractivity contribution in [3.63, 3.8) is 0 Å². The maximum Gasteiger partial charge on any atom is 0.211 e. The van der Waals surface area contributed by atoms with Crippen LogP contribution in [0.1, 0.15) is 45.4 Å². The van der Waals surface area contributed by atoms with Crippen LogP contribution in [0.25, 0.3) is 0 Å². The van der Waals surface area contributed by atoms with E-state index in [1.54, 1.807) is 0 Å². The molecule has 1 fully saturated rings. The van der Waals surface area contributed by atoms with Crippen molar-refractivity contribution in [1.29, 1.82) is 0 Å². The van der Waals surface area contributed by atoms with E-state index in [-0.39, 0.29) is 11.8 Å². The summed E-state index contributed by atoms with van der Waals surface area (Å²) < 4.78 is 26.4. The smallest absolute Gasteiger partial charge is 0.211 e. The van der Waals surface area contributed by atoms with Crippen molar-refractivity contribution in [2.24, 2.45) is 5.92 Å². The molecular weight excluding hydrogens is 246 g/mol. The zero-order chi connectivity index (χ0) is 12.0. The average molecular weight is 268 g/mol. The number of hydrogen-bond acceptors (Lipinski definition) is 2. The standard InChI is InChI=1S/C11H22ClNO2S/c1-10-6-2-3-7-11(10)13-16(14,15)9-5-4-8-12/h10-11,13H,2-9H2,1H3. The summed E-state index contributed by atoms with van der Waals surface area (Å²) in [5, 5.41) is 0. The fourth-order valence-electron chi connectivity index (χ4n) is 2.17. The number of alkyl halides is 1. The number of nitrogens with one attached hydrogen (secondary N) is 1. The first-order valence-electron chi connectivity index (χ1n) is 6.11. The minimum atomic E-state index is -3.10. The number of rotatable bonds is 6. The molecule has 16 heavy (non-hydrogen) atoms. The SMILES string of the molecule is CC1CCCCC1NS(=O)(=O)CCCCCl. The van der Waals surface area contributed by atoms with E-state index in [1.165, 1.54) is 6.42 Å². The molecule has 1 N–H and O–H groups in total. The molecule has 5 heteroatoms. The number of sulfonamides is 1. The normalized spacial score (nSPS) is 26.9. The van der Waals surface area contributed by atoms with Crippen LogP contribution in [0.15, 0.2) is 0 Å². The number of hydrogen-bond donors (Lipinski definition) is 1. The molecule has 0 heterocycles. The highest BCUT2D eigenvalue weighted by molar-refractivity contribution is 7.89. The van der Waals surface area contributed by atoms with E-state index in [2.05, 4.69) is 11.6 Å². The fourth-order valence-corrected chi connectivity index (χ4v) is 3.87. The summed E-state index contributed by atoms with van der Waals surface area (Å²) in [6, 6.07) is 0.148. The lowest BCUT2D eigenvalue weighted by atomic mass is 9.87. The van der Waals surface area contributed by atoms with Gasteiger partial charge >= 0.3 is 0 Å². The average Bonchev–Trinajstić information content (AvgIpc) is 2.21. The summed E-state index contributed by atoms with van der Waals surface area (Å²) in [6.07, 6.45) is 5.90. The Kier molecular flexibility index (Phi) is 6.08. The molecule has 1 saturated carbocycles. The quantitative estimate of drug-likeness (QED) is 0.594. The Morgan fingerprint density at radius 2 is 1.94 bits per heavy atom. The van der Waals surface area contributed by atoms with Gasteiger partial charge in [-0.25, -0.2) is 13.1 Å². The molecule has 0 aromatic rings. The van der Waals surface area contributed by atoms with Gasteiger partial charge in [-0.3, -0.25) is 0 Å². The van der Waals surface area contributed by atoms with Crippen molar-refractivity contribution in [2.45, 2.75) is 51.5 Å². The summed E-state index contributed by atoms with van der Waals surface area (Å²) >= 11 is 5.53. The minimum absolute atomic E-state index is 0.148. The van der Waals surface area contributed by atoms with Gasteiger partial charge < -0.3 is 0 Å². The summed E-state index contributed by atoms with van der Waals surface area (Å²) in [6.45, 7) is 2.13. The molecular formula is C11H22ClNO2S. The summed E-state index contributed by atoms with van der Waals surface area (Å²) in [4.78, 5) is 0. The second kappa shape index (κ2) is 6.82. The summed E-state index contributed by atoms with van der Waals surface area (Å²) in [5.41, 5.74) is 0. The molecule has 0 saturated heterocycles. The van der Waals surface area contributed by atoms with Crippen LogP contribution < -0.4 is 4.72 Å². The van der Waals surface area contributed by atoms with Gasteiger partial charge in [-0.1, -0.05) is 19.8 Å². The maximum atomic E-state index is 11.8. The molecule has 2 unspecified atom stereocenters. The van der Waals surface area contributed by atoms with Crippen molar-refractivity contribution in [1.82, 2.24) is 4.72 Å². The van der Waals surface area contributed by atoms with E-state index in [4.69, 9.17) is 11.6 Å². The number of halogens is 1. The van der Waals surface area contributed by atoms with Gasteiger partial charge in [0.25, 0.3) is 0 Å². The minimum Gasteiger partial charge on any atom is -0.212 e. The van der Waals surface area contributed by atoms with E-state index in [9.17, 15) is 8.42 Å². The molecule has 2 atom stereocenters. The van der Waals surface area contributed by atoms with E-state index >= 15 is 0 Å². The number of unbranched alkanes of at least 4 members (excludes halogenated alkanes) is 1. The van der Waals surface area contributed by atoms with Crippen molar-refractivity contribution >= 4 is 21.6 Å². The third-order valence-corrected chi connectivity index (χ3v) is 4.99. The van der Waals surface area contributed by atoms with Crippen molar-refractivity contribution in [3.8, 4) is 0 Å². The molecule has 1 aliphatic rings. The van der Waals surface area contributed by atoms with Gasteiger partial charge in [-0.15, -0.1) is 11.6 Å². The zero-order valence-electron chi connectivity index (χ0n) is 9.91. The molecule has 0 aliphatic heterocycles. The van der Waals surface area contributed by atoms with Crippen molar-refractivity contribution < 1.29 is 8.42 Å². The van der Waals surface area contributed by atoms with Crippen LogP contribution in [0, 0.1) is 5.92 Å². The lowest BCUT2D eigenvalue weighted by Crippen LogP contribution is -2.42. The third-order valence-electron chi connectivity index (χ3n) is 3.24. The largest absolute Gasteiger partial charge is 0.212 e. The van der Waals surface area contributed by atoms with Crippen LogP contribution in [0.5, 0.6) is 0 Å². The highest BCUT2D eigenvalue weighted by atomic mass is 35.5. The molecule has 1 aliphatic carbocycles. The predicted molar refractivity (Wildman–Crippen MR) is 68.3 cm³/mol.